The van der Waals surface area contributed by atoms with Gasteiger partial charge in [0.15, 0.2) is 0 Å². The van der Waals surface area contributed by atoms with E-state index in [1.807, 2.05) is 24.0 Å². The topological polar surface area (TPSA) is 34.1 Å². The fraction of sp³-hybridized carbons (Fsp3) is 0.429. The second-order valence-electron chi connectivity index (χ2n) is 6.03. The molecule has 0 aromatic carbocycles. The van der Waals surface area contributed by atoms with Gasteiger partial charge in [-0.05, 0) is 69.9 Å². The molecule has 0 aliphatic carbocycles. The maximum atomic E-state index is 10.9. The Bertz CT molecular complexity index is 608. The molecular formula is C21H28O2S2. The van der Waals surface area contributed by atoms with Crippen molar-refractivity contribution in [1.82, 2.24) is 0 Å². The van der Waals surface area contributed by atoms with Gasteiger partial charge in [-0.15, -0.1) is 0 Å². The van der Waals surface area contributed by atoms with E-state index in [1.54, 1.807) is 37.4 Å². The van der Waals surface area contributed by atoms with Gasteiger partial charge in [-0.25, -0.2) is 9.59 Å². The number of hydrogen-bond acceptors (Lipinski definition) is 4. The highest BCUT2D eigenvalue weighted by atomic mass is 32.2. The zero-order valence-electron chi connectivity index (χ0n) is 16.1. The summed E-state index contributed by atoms with van der Waals surface area (Å²) in [6, 6.07) is 0. The van der Waals surface area contributed by atoms with E-state index < -0.39 is 0 Å². The molecule has 0 spiro atoms. The number of thioether (sulfide) groups is 2. The molecule has 0 aliphatic heterocycles. The largest absolute Gasteiger partial charge is 0.233 e. The van der Waals surface area contributed by atoms with Crippen molar-refractivity contribution < 1.29 is 9.59 Å². The van der Waals surface area contributed by atoms with Gasteiger partial charge in [0.1, 0.15) is 11.9 Å². The molecule has 4 heteroatoms. The summed E-state index contributed by atoms with van der Waals surface area (Å²) in [4.78, 5) is 21.8. The number of allylic oxidation sites excluding steroid dienone is 8. The Morgan fingerprint density at radius 1 is 0.720 bits per heavy atom. The standard InChI is InChI=1S/C21H28O2S2/c1-16(12-22)7-20(9-18(3)14-24-5)11-21(8-17(2)13-23)10-19(4)15-25-6/h7-10H,11,14-15H2,1-6H3/b18-9+,19-10+,20-7+,21-8+. The molecule has 0 saturated carbocycles. The fourth-order valence-electron chi connectivity index (χ4n) is 2.31. The Balaban J connectivity index is 5.89. The van der Waals surface area contributed by atoms with Crippen LogP contribution >= 0.6 is 23.5 Å². The molecule has 0 fully saturated rings. The van der Waals surface area contributed by atoms with Crippen molar-refractivity contribution in [1.29, 1.82) is 0 Å². The molecule has 0 heterocycles. The van der Waals surface area contributed by atoms with Crippen molar-refractivity contribution in [2.24, 2.45) is 0 Å². The first-order chi connectivity index (χ1) is 11.9. The molecule has 0 saturated heterocycles. The van der Waals surface area contributed by atoms with E-state index >= 15 is 0 Å². The van der Waals surface area contributed by atoms with Gasteiger partial charge in [-0.1, -0.05) is 23.3 Å². The van der Waals surface area contributed by atoms with Gasteiger partial charge >= 0.3 is 0 Å². The van der Waals surface area contributed by atoms with Crippen LogP contribution in [0.4, 0.5) is 0 Å². The van der Waals surface area contributed by atoms with Crippen LogP contribution in [0.3, 0.4) is 0 Å². The predicted molar refractivity (Wildman–Crippen MR) is 115 cm³/mol. The second kappa shape index (κ2) is 13.8. The first kappa shape index (κ1) is 23.6. The summed E-state index contributed by atoms with van der Waals surface area (Å²) in [6.07, 6.45) is 12.7. The van der Waals surface area contributed by atoms with Crippen molar-refractivity contribution in [2.75, 3.05) is 24.0 Å². The molecule has 2 nitrogen and oxygen atoms in total. The van der Waals surface area contributed by atoms with Crippen LogP contribution in [0.1, 0.15) is 34.1 Å². The first-order valence-electron chi connectivity index (χ1n) is 8.03. The zero-order chi connectivity index (χ0) is 19.2. The van der Waals surface area contributed by atoms with Crippen LogP contribution in [-0.4, -0.2) is 35.9 Å². The van der Waals surface area contributed by atoms with E-state index in [1.165, 1.54) is 11.1 Å². The predicted octanol–water partition coefficient (Wildman–Crippen LogP) is 5.40. The Kier molecular flexibility index (Phi) is 13.0. The van der Waals surface area contributed by atoms with Crippen LogP contribution < -0.4 is 0 Å². The number of hydrogen-bond donors (Lipinski definition) is 0. The number of rotatable bonds is 10. The number of carbonyl (C=O) groups excluding carboxylic acids is 2. The Labute approximate surface area is 160 Å². The van der Waals surface area contributed by atoms with E-state index in [-0.39, 0.29) is 0 Å². The van der Waals surface area contributed by atoms with Gasteiger partial charge in [0.2, 0.25) is 0 Å². The lowest BCUT2D eigenvalue weighted by Gasteiger charge is -2.09. The highest BCUT2D eigenvalue weighted by molar-refractivity contribution is 7.98. The molecule has 0 rings (SSSR count). The van der Waals surface area contributed by atoms with Gasteiger partial charge in [-0.2, -0.15) is 23.5 Å². The minimum Gasteiger partial charge on any atom is -0.233 e. The van der Waals surface area contributed by atoms with Crippen molar-refractivity contribution in [3.63, 3.8) is 0 Å². The summed E-state index contributed by atoms with van der Waals surface area (Å²) < 4.78 is 0. The quantitative estimate of drug-likeness (QED) is 0.377. The summed E-state index contributed by atoms with van der Waals surface area (Å²) in [6.45, 7) is 7.66. The highest BCUT2D eigenvalue weighted by Gasteiger charge is 2.03. The highest BCUT2D eigenvalue weighted by Crippen LogP contribution is 2.21. The van der Waals surface area contributed by atoms with E-state index in [2.05, 4.69) is 38.5 Å². The van der Waals surface area contributed by atoms with Crippen molar-refractivity contribution in [2.45, 2.75) is 34.1 Å². The Hall–Kier alpha value is -1.44. The summed E-state index contributed by atoms with van der Waals surface area (Å²) in [5.41, 5.74) is 5.68. The van der Waals surface area contributed by atoms with Gasteiger partial charge in [0.25, 0.3) is 0 Å². The van der Waals surface area contributed by atoms with Crippen LogP contribution in [0.2, 0.25) is 0 Å². The summed E-state index contributed by atoms with van der Waals surface area (Å²) in [5, 5.41) is 0. The van der Waals surface area contributed by atoms with Crippen LogP contribution in [0.5, 0.6) is 0 Å². The second-order valence-corrected chi connectivity index (χ2v) is 7.76. The molecule has 0 bridgehead atoms. The van der Waals surface area contributed by atoms with Gasteiger partial charge in [0.05, 0.1) is 0 Å². The molecule has 0 atom stereocenters. The monoisotopic (exact) mass is 376 g/mol. The van der Waals surface area contributed by atoms with E-state index in [9.17, 15) is 9.59 Å². The zero-order valence-corrected chi connectivity index (χ0v) is 17.7. The molecule has 0 aliphatic rings. The maximum Gasteiger partial charge on any atom is 0.127 e. The molecule has 0 radical (unpaired) electrons. The van der Waals surface area contributed by atoms with Crippen LogP contribution in [0.25, 0.3) is 0 Å². The normalized spacial score (nSPS) is 13.4. The fourth-order valence-corrected chi connectivity index (χ4v) is 3.39. The van der Waals surface area contributed by atoms with E-state index in [0.717, 1.165) is 22.7 Å². The maximum absolute atomic E-state index is 10.9. The third-order valence-corrected chi connectivity index (χ3v) is 4.63. The smallest absolute Gasteiger partial charge is 0.127 e. The van der Waals surface area contributed by atoms with Gasteiger partial charge in [-0.3, -0.25) is 0 Å². The molecule has 0 unspecified atom stereocenters. The van der Waals surface area contributed by atoms with Crippen molar-refractivity contribution >= 4 is 35.4 Å². The lowest BCUT2D eigenvalue weighted by atomic mass is 9.98. The van der Waals surface area contributed by atoms with Crippen molar-refractivity contribution in [3.8, 4) is 0 Å². The van der Waals surface area contributed by atoms with E-state index in [4.69, 9.17) is 0 Å². The summed E-state index contributed by atoms with van der Waals surface area (Å²) in [5.74, 6) is 5.75. The van der Waals surface area contributed by atoms with Crippen LogP contribution in [0.15, 0.2) is 57.7 Å². The minimum absolute atomic E-state index is 0.565. The third-order valence-electron chi connectivity index (χ3n) is 3.14. The molecule has 0 aromatic rings. The average Bonchev–Trinajstić information content (AvgIpc) is 2.54. The van der Waals surface area contributed by atoms with Crippen LogP contribution in [0, 0.1) is 0 Å². The summed E-state index contributed by atoms with van der Waals surface area (Å²) >= 11 is 3.52. The molecule has 25 heavy (non-hydrogen) atoms. The van der Waals surface area contributed by atoms with Gasteiger partial charge in [0, 0.05) is 22.7 Å². The van der Waals surface area contributed by atoms with Crippen molar-refractivity contribution in [3.05, 3.63) is 57.7 Å². The molecule has 0 N–H and O–H groups in total. The SMILES string of the molecule is CSC/C(C)=C/C(=C\C(C)=C=O)CC(=C/C(C)=C=O)/C=C(\C)CSC. The lowest BCUT2D eigenvalue weighted by Crippen LogP contribution is -1.92. The Morgan fingerprint density at radius 2 is 1.08 bits per heavy atom. The Morgan fingerprint density at radius 3 is 1.36 bits per heavy atom. The molecular weight excluding hydrogens is 348 g/mol. The minimum atomic E-state index is 0.565. The van der Waals surface area contributed by atoms with E-state index in [0.29, 0.717) is 17.6 Å². The van der Waals surface area contributed by atoms with Crippen LogP contribution in [-0.2, 0) is 9.59 Å². The van der Waals surface area contributed by atoms with Gasteiger partial charge < -0.3 is 0 Å². The molecule has 0 amide bonds. The lowest BCUT2D eigenvalue weighted by molar-refractivity contribution is 0.567. The first-order valence-corrected chi connectivity index (χ1v) is 10.8. The average molecular weight is 377 g/mol. The molecule has 0 aromatic heterocycles. The molecule has 136 valence electrons. The summed E-state index contributed by atoms with van der Waals surface area (Å²) in [7, 11) is 0. The third kappa shape index (κ3) is 11.7.